The van der Waals surface area contributed by atoms with Crippen molar-refractivity contribution >= 4 is 5.91 Å². The number of hydrogen-bond donors (Lipinski definition) is 2. The summed E-state index contributed by atoms with van der Waals surface area (Å²) in [6.07, 6.45) is -0.835. The maximum Gasteiger partial charge on any atom is 0.238 e. The van der Waals surface area contributed by atoms with Crippen LogP contribution >= 0.6 is 0 Å². The third kappa shape index (κ3) is 4.09. The number of nitrogens with zero attached hydrogens (tertiary/aromatic N) is 1. The molecule has 1 aromatic carbocycles. The lowest BCUT2D eigenvalue weighted by molar-refractivity contribution is -0.130. The fourth-order valence-electron chi connectivity index (χ4n) is 1.59. The van der Waals surface area contributed by atoms with Gasteiger partial charge in [0.15, 0.2) is 0 Å². The Morgan fingerprint density at radius 2 is 2.17 bits per heavy atom. The Bertz CT molecular complexity index is 410. The van der Waals surface area contributed by atoms with Crippen molar-refractivity contribution in [3.05, 3.63) is 35.6 Å². The molecule has 2 unspecified atom stereocenters. The largest absolute Gasteiger partial charge is 0.387 e. The second kappa shape index (κ2) is 6.47. The van der Waals surface area contributed by atoms with E-state index >= 15 is 0 Å². The highest BCUT2D eigenvalue weighted by atomic mass is 19.1. The molecular formula is C13H19FN2O2. The summed E-state index contributed by atoms with van der Waals surface area (Å²) < 4.78 is 13.0. The zero-order valence-corrected chi connectivity index (χ0v) is 10.9. The predicted molar refractivity (Wildman–Crippen MR) is 67.5 cm³/mol. The average Bonchev–Trinajstić information content (AvgIpc) is 2.34. The van der Waals surface area contributed by atoms with Gasteiger partial charge in [-0.05, 0) is 24.6 Å². The van der Waals surface area contributed by atoms with E-state index in [1.54, 1.807) is 33.2 Å². The van der Waals surface area contributed by atoms with Crippen LogP contribution in [-0.4, -0.2) is 42.6 Å². The van der Waals surface area contributed by atoms with Gasteiger partial charge in [-0.2, -0.15) is 0 Å². The number of aliphatic hydroxyl groups excluding tert-OH is 1. The Hall–Kier alpha value is -1.46. The molecule has 1 rings (SSSR count). The number of carbonyl (C=O) groups excluding carboxylic acids is 1. The number of likely N-dealkylation sites (N-methyl/N-ethyl adjacent to an activating group) is 1. The fourth-order valence-corrected chi connectivity index (χ4v) is 1.59. The minimum atomic E-state index is -0.835. The molecule has 0 aliphatic heterocycles. The fraction of sp³-hybridized carbons (Fsp3) is 0.462. The average molecular weight is 254 g/mol. The molecule has 0 bridgehead atoms. The molecule has 0 fully saturated rings. The van der Waals surface area contributed by atoms with Crippen LogP contribution < -0.4 is 5.32 Å². The quantitative estimate of drug-likeness (QED) is 0.821. The first-order chi connectivity index (χ1) is 8.41. The monoisotopic (exact) mass is 254 g/mol. The Morgan fingerprint density at radius 1 is 1.50 bits per heavy atom. The molecule has 0 radical (unpaired) electrons. The lowest BCUT2D eigenvalue weighted by Crippen LogP contribution is -2.42. The van der Waals surface area contributed by atoms with Gasteiger partial charge in [0, 0.05) is 20.6 Å². The molecule has 1 aromatic rings. The second-order valence-electron chi connectivity index (χ2n) is 4.43. The second-order valence-corrected chi connectivity index (χ2v) is 4.43. The maximum absolute atomic E-state index is 13.0. The number of hydrogen-bond acceptors (Lipinski definition) is 3. The standard InChI is InChI=1S/C13H19FN2O2/c1-9(13(18)16(2)3)15-8-12(17)10-5-4-6-11(14)7-10/h4-7,9,12,15,17H,8H2,1-3H3. The molecule has 0 aliphatic rings. The summed E-state index contributed by atoms with van der Waals surface area (Å²) in [5, 5.41) is 12.8. The van der Waals surface area contributed by atoms with Crippen LogP contribution in [0.1, 0.15) is 18.6 Å². The minimum Gasteiger partial charge on any atom is -0.387 e. The molecule has 0 heterocycles. The van der Waals surface area contributed by atoms with E-state index in [-0.39, 0.29) is 24.3 Å². The zero-order chi connectivity index (χ0) is 13.7. The molecule has 1 amide bonds. The van der Waals surface area contributed by atoms with Gasteiger partial charge in [0.05, 0.1) is 12.1 Å². The number of carbonyl (C=O) groups is 1. The van der Waals surface area contributed by atoms with E-state index in [1.165, 1.54) is 17.0 Å². The highest BCUT2D eigenvalue weighted by Crippen LogP contribution is 2.13. The SMILES string of the molecule is CC(NCC(O)c1cccc(F)c1)C(=O)N(C)C. The molecular weight excluding hydrogens is 235 g/mol. The van der Waals surface area contributed by atoms with E-state index < -0.39 is 6.10 Å². The van der Waals surface area contributed by atoms with Gasteiger partial charge in [-0.3, -0.25) is 4.79 Å². The summed E-state index contributed by atoms with van der Waals surface area (Å²) >= 11 is 0. The molecule has 2 N–H and O–H groups in total. The van der Waals surface area contributed by atoms with E-state index in [9.17, 15) is 14.3 Å². The van der Waals surface area contributed by atoms with Gasteiger partial charge >= 0.3 is 0 Å². The van der Waals surface area contributed by atoms with Crippen molar-refractivity contribution in [3.63, 3.8) is 0 Å². The van der Waals surface area contributed by atoms with Crippen LogP contribution in [0.25, 0.3) is 0 Å². The normalized spacial score (nSPS) is 14.1. The van der Waals surface area contributed by atoms with Crippen molar-refractivity contribution in [1.82, 2.24) is 10.2 Å². The van der Waals surface area contributed by atoms with Crippen LogP contribution in [-0.2, 0) is 4.79 Å². The first-order valence-corrected chi connectivity index (χ1v) is 5.80. The Kier molecular flexibility index (Phi) is 5.25. The third-order valence-corrected chi connectivity index (χ3v) is 2.66. The van der Waals surface area contributed by atoms with E-state index in [4.69, 9.17) is 0 Å². The van der Waals surface area contributed by atoms with Crippen molar-refractivity contribution in [1.29, 1.82) is 0 Å². The Balaban J connectivity index is 2.51. The summed E-state index contributed by atoms with van der Waals surface area (Å²) in [7, 11) is 3.34. The van der Waals surface area contributed by atoms with E-state index in [0.717, 1.165) is 0 Å². The van der Waals surface area contributed by atoms with Crippen LogP contribution in [0.4, 0.5) is 4.39 Å². The van der Waals surface area contributed by atoms with Crippen molar-refractivity contribution in [2.75, 3.05) is 20.6 Å². The van der Waals surface area contributed by atoms with Gasteiger partial charge in [-0.25, -0.2) is 4.39 Å². The van der Waals surface area contributed by atoms with E-state index in [2.05, 4.69) is 5.32 Å². The van der Waals surface area contributed by atoms with Crippen molar-refractivity contribution < 1.29 is 14.3 Å². The van der Waals surface area contributed by atoms with Gasteiger partial charge in [-0.15, -0.1) is 0 Å². The molecule has 5 heteroatoms. The van der Waals surface area contributed by atoms with Crippen molar-refractivity contribution in [2.24, 2.45) is 0 Å². The molecule has 4 nitrogen and oxygen atoms in total. The molecule has 2 atom stereocenters. The predicted octanol–water partition coefficient (Wildman–Crippen LogP) is 0.925. The van der Waals surface area contributed by atoms with Crippen LogP contribution in [0.5, 0.6) is 0 Å². The molecule has 0 spiro atoms. The molecule has 0 aliphatic carbocycles. The zero-order valence-electron chi connectivity index (χ0n) is 10.9. The van der Waals surface area contributed by atoms with Crippen LogP contribution in [0.2, 0.25) is 0 Å². The molecule has 18 heavy (non-hydrogen) atoms. The first kappa shape index (κ1) is 14.6. The van der Waals surface area contributed by atoms with Gasteiger partial charge in [0.2, 0.25) is 5.91 Å². The molecule has 0 aromatic heterocycles. The van der Waals surface area contributed by atoms with Crippen molar-refractivity contribution in [3.8, 4) is 0 Å². The van der Waals surface area contributed by atoms with E-state index in [1.807, 2.05) is 0 Å². The number of rotatable bonds is 5. The van der Waals surface area contributed by atoms with Crippen molar-refractivity contribution in [2.45, 2.75) is 19.1 Å². The summed E-state index contributed by atoms with van der Waals surface area (Å²) in [6, 6.07) is 5.41. The number of benzene rings is 1. The number of amides is 1. The first-order valence-electron chi connectivity index (χ1n) is 5.80. The van der Waals surface area contributed by atoms with Crippen LogP contribution in [0, 0.1) is 5.82 Å². The highest BCUT2D eigenvalue weighted by Gasteiger charge is 2.16. The number of halogens is 1. The topological polar surface area (TPSA) is 52.6 Å². The summed E-state index contributed by atoms with van der Waals surface area (Å²) in [6.45, 7) is 1.92. The van der Waals surface area contributed by atoms with E-state index in [0.29, 0.717) is 5.56 Å². The number of nitrogens with one attached hydrogen (secondary N) is 1. The molecule has 0 saturated carbocycles. The third-order valence-electron chi connectivity index (χ3n) is 2.66. The maximum atomic E-state index is 13.0. The Morgan fingerprint density at radius 3 is 2.72 bits per heavy atom. The number of aliphatic hydroxyl groups is 1. The van der Waals surface area contributed by atoms with Gasteiger partial charge in [0.1, 0.15) is 5.82 Å². The van der Waals surface area contributed by atoms with Gasteiger partial charge < -0.3 is 15.3 Å². The van der Waals surface area contributed by atoms with Gasteiger partial charge in [0.25, 0.3) is 0 Å². The lowest BCUT2D eigenvalue weighted by Gasteiger charge is -2.20. The molecule has 0 saturated heterocycles. The highest BCUT2D eigenvalue weighted by molar-refractivity contribution is 5.80. The summed E-state index contributed by atoms with van der Waals surface area (Å²) in [5.74, 6) is -0.453. The summed E-state index contributed by atoms with van der Waals surface area (Å²) in [4.78, 5) is 13.0. The van der Waals surface area contributed by atoms with Crippen LogP contribution in [0.3, 0.4) is 0 Å². The smallest absolute Gasteiger partial charge is 0.238 e. The Labute approximate surface area is 106 Å². The minimum absolute atomic E-state index is 0.0681. The lowest BCUT2D eigenvalue weighted by atomic mass is 10.1. The van der Waals surface area contributed by atoms with Gasteiger partial charge in [-0.1, -0.05) is 12.1 Å². The molecule has 100 valence electrons. The van der Waals surface area contributed by atoms with Crippen LogP contribution in [0.15, 0.2) is 24.3 Å². The summed E-state index contributed by atoms with van der Waals surface area (Å²) in [5.41, 5.74) is 0.493.